The number of aliphatic carboxylic acids is 1. The Hall–Kier alpha value is -1.96. The molecule has 0 aliphatic carbocycles. The number of sulfonamides is 1. The summed E-state index contributed by atoms with van der Waals surface area (Å²) in [6.07, 6.45) is 2.15. The van der Waals surface area contributed by atoms with Crippen LogP contribution < -0.4 is 0 Å². The Morgan fingerprint density at radius 3 is 2.65 bits per heavy atom. The van der Waals surface area contributed by atoms with Crippen molar-refractivity contribution in [1.82, 2.24) is 9.21 Å². The number of carboxylic acid groups (broad SMARTS) is 1. The second kappa shape index (κ2) is 7.73. The molecule has 1 aliphatic rings. The number of hydrogen-bond acceptors (Lipinski definition) is 4. The van der Waals surface area contributed by atoms with E-state index < -0.39 is 16.0 Å². The molecule has 1 aliphatic heterocycles. The lowest BCUT2D eigenvalue weighted by Gasteiger charge is -2.25. The van der Waals surface area contributed by atoms with E-state index in [0.29, 0.717) is 24.4 Å². The highest BCUT2D eigenvalue weighted by Gasteiger charge is 2.30. The zero-order chi connectivity index (χ0) is 18.7. The van der Waals surface area contributed by atoms with Crippen molar-refractivity contribution >= 4 is 26.8 Å². The van der Waals surface area contributed by atoms with Crippen LogP contribution in [-0.2, 0) is 14.8 Å². The first-order chi connectivity index (χ1) is 12.4. The van der Waals surface area contributed by atoms with Crippen molar-refractivity contribution in [1.29, 1.82) is 0 Å². The van der Waals surface area contributed by atoms with Crippen molar-refractivity contribution in [2.45, 2.75) is 30.2 Å². The number of likely N-dealkylation sites (N-methyl/N-ethyl adjacent to an activating group) is 1. The third-order valence-electron chi connectivity index (χ3n) is 5.03. The molecule has 1 unspecified atom stereocenters. The normalized spacial score (nSPS) is 19.5. The molecule has 0 spiro atoms. The van der Waals surface area contributed by atoms with Crippen molar-refractivity contribution < 1.29 is 18.3 Å². The Labute approximate surface area is 154 Å². The maximum absolute atomic E-state index is 13.2. The molecule has 1 fully saturated rings. The Morgan fingerprint density at radius 1 is 1.15 bits per heavy atom. The van der Waals surface area contributed by atoms with Crippen LogP contribution in [0.25, 0.3) is 10.8 Å². The number of hydrogen-bond donors (Lipinski definition) is 1. The van der Waals surface area contributed by atoms with E-state index in [2.05, 4.69) is 0 Å². The minimum absolute atomic E-state index is 0.0270. The Morgan fingerprint density at radius 2 is 1.88 bits per heavy atom. The molecule has 0 aromatic heterocycles. The number of rotatable bonds is 5. The lowest BCUT2D eigenvalue weighted by atomic mass is 10.1. The molecule has 2 aromatic rings. The summed E-state index contributed by atoms with van der Waals surface area (Å²) in [5.41, 5.74) is 0. The minimum atomic E-state index is -3.59. The summed E-state index contributed by atoms with van der Waals surface area (Å²) < 4.78 is 28.0. The number of carbonyl (C=O) groups is 1. The van der Waals surface area contributed by atoms with Gasteiger partial charge in [0.15, 0.2) is 0 Å². The van der Waals surface area contributed by atoms with Crippen LogP contribution in [0.3, 0.4) is 0 Å². The third kappa shape index (κ3) is 3.90. The summed E-state index contributed by atoms with van der Waals surface area (Å²) in [5, 5.41) is 10.6. The molecule has 1 N–H and O–H groups in total. The van der Waals surface area contributed by atoms with Crippen LogP contribution in [0.15, 0.2) is 47.4 Å². The van der Waals surface area contributed by atoms with E-state index in [-0.39, 0.29) is 12.6 Å². The standard InChI is InChI=1S/C19H24N2O4S/c1-20(14-19(22)23)16-8-5-12-21(13-11-16)26(24,25)18-10-4-7-15-6-2-3-9-17(15)18/h2-4,6-7,9-10,16H,5,8,11-14H2,1H3,(H,22,23). The van der Waals surface area contributed by atoms with Crippen molar-refractivity contribution in [3.63, 3.8) is 0 Å². The zero-order valence-corrected chi connectivity index (χ0v) is 15.7. The van der Waals surface area contributed by atoms with Gasteiger partial charge in [0, 0.05) is 24.5 Å². The molecule has 140 valence electrons. The molecular weight excluding hydrogens is 352 g/mol. The second-order valence-corrected chi connectivity index (χ2v) is 8.68. The highest BCUT2D eigenvalue weighted by Crippen LogP contribution is 2.28. The monoisotopic (exact) mass is 376 g/mol. The van der Waals surface area contributed by atoms with E-state index in [1.165, 1.54) is 0 Å². The predicted octanol–water partition coefficient (Wildman–Crippen LogP) is 2.40. The summed E-state index contributed by atoms with van der Waals surface area (Å²) in [7, 11) is -1.80. The fourth-order valence-electron chi connectivity index (χ4n) is 3.64. The molecule has 0 bridgehead atoms. The smallest absolute Gasteiger partial charge is 0.317 e. The van der Waals surface area contributed by atoms with Gasteiger partial charge in [-0.15, -0.1) is 0 Å². The average molecular weight is 376 g/mol. The van der Waals surface area contributed by atoms with E-state index >= 15 is 0 Å². The Kier molecular flexibility index (Phi) is 5.60. The van der Waals surface area contributed by atoms with Gasteiger partial charge in [0.1, 0.15) is 0 Å². The van der Waals surface area contributed by atoms with Gasteiger partial charge < -0.3 is 5.11 Å². The van der Waals surface area contributed by atoms with Gasteiger partial charge in [0.25, 0.3) is 0 Å². The van der Waals surface area contributed by atoms with Gasteiger partial charge in [-0.1, -0.05) is 36.4 Å². The minimum Gasteiger partial charge on any atom is -0.480 e. The highest BCUT2D eigenvalue weighted by molar-refractivity contribution is 7.89. The van der Waals surface area contributed by atoms with Crippen LogP contribution in [0.1, 0.15) is 19.3 Å². The maximum Gasteiger partial charge on any atom is 0.317 e. The first-order valence-corrected chi connectivity index (χ1v) is 10.2. The van der Waals surface area contributed by atoms with E-state index in [4.69, 9.17) is 5.11 Å². The van der Waals surface area contributed by atoms with Gasteiger partial charge in [0.2, 0.25) is 10.0 Å². The van der Waals surface area contributed by atoms with Crippen molar-refractivity contribution in [3.05, 3.63) is 42.5 Å². The van der Waals surface area contributed by atoms with Crippen molar-refractivity contribution in [3.8, 4) is 0 Å². The molecular formula is C19H24N2O4S. The average Bonchev–Trinajstić information content (AvgIpc) is 2.87. The lowest BCUT2D eigenvalue weighted by molar-refractivity contribution is -0.138. The van der Waals surface area contributed by atoms with Gasteiger partial charge in [-0.05, 0) is 37.8 Å². The summed E-state index contributed by atoms with van der Waals surface area (Å²) >= 11 is 0. The molecule has 1 heterocycles. The number of carboxylic acids is 1. The molecule has 6 nitrogen and oxygen atoms in total. The van der Waals surface area contributed by atoms with E-state index in [9.17, 15) is 13.2 Å². The van der Waals surface area contributed by atoms with E-state index in [1.54, 1.807) is 28.4 Å². The molecule has 1 saturated heterocycles. The summed E-state index contributed by atoms with van der Waals surface area (Å²) in [5.74, 6) is -0.864. The Bertz CT molecular complexity index is 892. The first kappa shape index (κ1) is 18.8. The fourth-order valence-corrected chi connectivity index (χ4v) is 5.34. The largest absolute Gasteiger partial charge is 0.480 e. The summed E-state index contributed by atoms with van der Waals surface area (Å²) in [4.78, 5) is 13.1. The highest BCUT2D eigenvalue weighted by atomic mass is 32.2. The molecule has 2 aromatic carbocycles. The summed E-state index contributed by atoms with van der Waals surface area (Å²) in [6.45, 7) is 0.837. The third-order valence-corrected chi connectivity index (χ3v) is 6.99. The van der Waals surface area contributed by atoms with Crippen LogP contribution >= 0.6 is 0 Å². The van der Waals surface area contributed by atoms with E-state index in [0.717, 1.165) is 23.6 Å². The van der Waals surface area contributed by atoms with Crippen LogP contribution in [0.5, 0.6) is 0 Å². The quantitative estimate of drug-likeness (QED) is 0.867. The van der Waals surface area contributed by atoms with Crippen molar-refractivity contribution in [2.24, 2.45) is 0 Å². The van der Waals surface area contributed by atoms with E-state index in [1.807, 2.05) is 30.3 Å². The molecule has 0 saturated carbocycles. The summed E-state index contributed by atoms with van der Waals surface area (Å²) in [6, 6.07) is 12.9. The lowest BCUT2D eigenvalue weighted by Crippen LogP contribution is -2.37. The molecule has 0 radical (unpaired) electrons. The van der Waals surface area contributed by atoms with Gasteiger partial charge in [-0.25, -0.2) is 8.42 Å². The Balaban J connectivity index is 1.83. The fraction of sp³-hybridized carbons (Fsp3) is 0.421. The number of nitrogens with zero attached hydrogens (tertiary/aromatic N) is 2. The molecule has 3 rings (SSSR count). The van der Waals surface area contributed by atoms with Gasteiger partial charge in [0.05, 0.1) is 11.4 Å². The topological polar surface area (TPSA) is 77.9 Å². The van der Waals surface area contributed by atoms with Gasteiger partial charge >= 0.3 is 5.97 Å². The molecule has 7 heteroatoms. The number of fused-ring (bicyclic) bond motifs is 1. The SMILES string of the molecule is CN(CC(=O)O)C1CCCN(S(=O)(=O)c2cccc3ccccc23)CC1. The van der Waals surface area contributed by atoms with Crippen LogP contribution in [0.2, 0.25) is 0 Å². The second-order valence-electron chi connectivity index (χ2n) is 6.77. The van der Waals surface area contributed by atoms with Gasteiger partial charge in [-0.3, -0.25) is 9.69 Å². The molecule has 0 amide bonds. The number of benzene rings is 2. The van der Waals surface area contributed by atoms with Crippen LogP contribution in [-0.4, -0.2) is 61.4 Å². The van der Waals surface area contributed by atoms with Crippen LogP contribution in [0, 0.1) is 0 Å². The molecule has 1 atom stereocenters. The molecule has 26 heavy (non-hydrogen) atoms. The maximum atomic E-state index is 13.2. The first-order valence-electron chi connectivity index (χ1n) is 8.79. The van der Waals surface area contributed by atoms with Gasteiger partial charge in [-0.2, -0.15) is 4.31 Å². The van der Waals surface area contributed by atoms with Crippen molar-refractivity contribution in [2.75, 3.05) is 26.7 Å². The zero-order valence-electron chi connectivity index (χ0n) is 14.8. The predicted molar refractivity (Wildman–Crippen MR) is 101 cm³/mol. The van der Waals surface area contributed by atoms with Crippen LogP contribution in [0.4, 0.5) is 0 Å².